The molecule has 1 saturated carbocycles. The summed E-state index contributed by atoms with van der Waals surface area (Å²) in [5, 5.41) is 0. The fourth-order valence-corrected chi connectivity index (χ4v) is 4.92. The number of nitrogens with two attached hydrogens (primary N) is 1. The highest BCUT2D eigenvalue weighted by atomic mass is 31.2. The smallest absolute Gasteiger partial charge is 0.378 e. The molecule has 4 unspecified atom stereocenters. The number of hydrogen-bond acceptors (Lipinski definition) is 7. The largest absolute Gasteiger partial charge is 0.472 e. The highest BCUT2D eigenvalue weighted by Gasteiger charge is 2.44. The summed E-state index contributed by atoms with van der Waals surface area (Å²) in [6.45, 7) is 12.1. The van der Waals surface area contributed by atoms with Crippen LogP contribution in [-0.4, -0.2) is 60.8 Å². The number of hydrogen-bond donors (Lipinski definition) is 2. The minimum absolute atomic E-state index is 0.0163. The average molecular weight is 423 g/mol. The molecule has 1 saturated heterocycles. The van der Waals surface area contributed by atoms with Crippen molar-refractivity contribution in [3.63, 3.8) is 0 Å². The lowest BCUT2D eigenvalue weighted by atomic mass is 10.0. The molecule has 0 spiro atoms. The van der Waals surface area contributed by atoms with Gasteiger partial charge in [-0.1, -0.05) is 6.92 Å². The van der Waals surface area contributed by atoms with Crippen molar-refractivity contribution in [2.45, 2.75) is 97.0 Å². The van der Waals surface area contributed by atoms with Gasteiger partial charge in [-0.05, 0) is 47.0 Å². The summed E-state index contributed by atoms with van der Waals surface area (Å²) >= 11 is 0. The third-order valence-electron chi connectivity index (χ3n) is 5.36. The van der Waals surface area contributed by atoms with E-state index in [2.05, 4.69) is 0 Å². The van der Waals surface area contributed by atoms with E-state index in [1.807, 2.05) is 41.5 Å². The van der Waals surface area contributed by atoms with E-state index in [4.69, 9.17) is 29.0 Å². The lowest BCUT2D eigenvalue weighted by Gasteiger charge is -2.26. The molecule has 166 valence electrons. The summed E-state index contributed by atoms with van der Waals surface area (Å²) in [4.78, 5) is 10.3. The van der Waals surface area contributed by atoms with Gasteiger partial charge < -0.3 is 24.8 Å². The van der Waals surface area contributed by atoms with Gasteiger partial charge in [0.05, 0.1) is 43.7 Å². The van der Waals surface area contributed by atoms with Gasteiger partial charge in [0.2, 0.25) is 0 Å². The molecule has 2 aliphatic rings. The first kappa shape index (κ1) is 24.2. The molecule has 2 fully saturated rings. The highest BCUT2D eigenvalue weighted by molar-refractivity contribution is 7.47. The Labute approximate surface area is 169 Å². The van der Waals surface area contributed by atoms with Crippen LogP contribution in [0, 0.1) is 11.8 Å². The van der Waals surface area contributed by atoms with Crippen LogP contribution < -0.4 is 5.73 Å². The number of rotatable bonds is 10. The van der Waals surface area contributed by atoms with Gasteiger partial charge in [0.15, 0.2) is 0 Å². The van der Waals surface area contributed by atoms with Crippen LogP contribution in [0.25, 0.3) is 0 Å². The lowest BCUT2D eigenvalue weighted by Crippen LogP contribution is -2.37. The van der Waals surface area contributed by atoms with Gasteiger partial charge in [-0.2, -0.15) is 0 Å². The molecule has 1 aliphatic heterocycles. The van der Waals surface area contributed by atoms with Crippen LogP contribution in [0.15, 0.2) is 0 Å². The van der Waals surface area contributed by atoms with E-state index in [1.54, 1.807) is 0 Å². The molecule has 8 atom stereocenters. The molecule has 0 bridgehead atoms. The Morgan fingerprint density at radius 1 is 1.11 bits per heavy atom. The fraction of sp³-hybridized carbons (Fsp3) is 1.00. The summed E-state index contributed by atoms with van der Waals surface area (Å²) in [5.41, 5.74) is 6.26. The zero-order valence-corrected chi connectivity index (χ0v) is 18.8. The summed E-state index contributed by atoms with van der Waals surface area (Å²) in [7, 11) is -4.26. The maximum atomic E-state index is 12.6. The van der Waals surface area contributed by atoms with Crippen molar-refractivity contribution >= 4 is 7.82 Å². The molecular weight excluding hydrogens is 385 g/mol. The minimum Gasteiger partial charge on any atom is -0.378 e. The van der Waals surface area contributed by atoms with Gasteiger partial charge in [0.25, 0.3) is 0 Å². The highest BCUT2D eigenvalue weighted by Crippen LogP contribution is 2.49. The third-order valence-corrected chi connectivity index (χ3v) is 6.37. The third kappa shape index (κ3) is 7.03. The zero-order chi connectivity index (χ0) is 21.1. The maximum Gasteiger partial charge on any atom is 0.472 e. The summed E-state index contributed by atoms with van der Waals surface area (Å²) < 4.78 is 40.7. The molecule has 2 rings (SSSR count). The summed E-state index contributed by atoms with van der Waals surface area (Å²) in [5.74, 6) is 0.0230. The first-order valence-electron chi connectivity index (χ1n) is 10.3. The van der Waals surface area contributed by atoms with Gasteiger partial charge in [-0.15, -0.1) is 0 Å². The van der Waals surface area contributed by atoms with Crippen LogP contribution in [0.3, 0.4) is 0 Å². The standard InChI is InChI=1S/C19H38NO7P/c1-11(2)23-9-15-16(7-13(5)19(15)20)27-28(21,22)24-10-18-17(25-12(3)4)8-14(6)26-18/h11-19H,7-10,20H2,1-6H3,(H,21,22)/t13-,14-,15+,16?,17?,18+,19?/m0/s1. The molecule has 28 heavy (non-hydrogen) atoms. The van der Waals surface area contributed by atoms with Crippen LogP contribution in [0.2, 0.25) is 0 Å². The number of phosphoric acid groups is 1. The van der Waals surface area contributed by atoms with E-state index in [1.165, 1.54) is 0 Å². The second-order valence-electron chi connectivity index (χ2n) is 8.69. The monoisotopic (exact) mass is 423 g/mol. The molecule has 0 radical (unpaired) electrons. The predicted molar refractivity (Wildman–Crippen MR) is 106 cm³/mol. The van der Waals surface area contributed by atoms with E-state index in [0.717, 1.165) is 6.42 Å². The van der Waals surface area contributed by atoms with Crippen LogP contribution >= 0.6 is 7.82 Å². The molecule has 9 heteroatoms. The molecule has 8 nitrogen and oxygen atoms in total. The molecule has 1 aliphatic carbocycles. The molecule has 1 heterocycles. The Morgan fingerprint density at radius 2 is 1.79 bits per heavy atom. The maximum absolute atomic E-state index is 12.6. The number of ether oxygens (including phenoxy) is 3. The Kier molecular flexibility index (Phi) is 8.92. The van der Waals surface area contributed by atoms with E-state index >= 15 is 0 Å². The van der Waals surface area contributed by atoms with Gasteiger partial charge >= 0.3 is 7.82 Å². The van der Waals surface area contributed by atoms with E-state index in [9.17, 15) is 9.46 Å². The molecule has 0 aromatic heterocycles. The Morgan fingerprint density at radius 3 is 2.39 bits per heavy atom. The van der Waals surface area contributed by atoms with Gasteiger partial charge in [0.1, 0.15) is 6.10 Å². The van der Waals surface area contributed by atoms with E-state index < -0.39 is 20.0 Å². The molecular formula is C19H38NO7P. The Balaban J connectivity index is 1.91. The SMILES string of the molecule is CC(C)OC[C@@H]1C(OP(=O)(O)OC[C@H]2O[C@@H](C)CC2OC(C)C)C[C@H](C)C1N. The quantitative estimate of drug-likeness (QED) is 0.516. The predicted octanol–water partition coefficient (Wildman–Crippen LogP) is 2.87. The lowest BCUT2D eigenvalue weighted by molar-refractivity contribution is -0.0649. The summed E-state index contributed by atoms with van der Waals surface area (Å²) in [6, 6.07) is -0.147. The Hall–Kier alpha value is -0.0500. The van der Waals surface area contributed by atoms with Crippen molar-refractivity contribution in [2.75, 3.05) is 13.2 Å². The molecule has 0 aromatic carbocycles. The van der Waals surface area contributed by atoms with Crippen molar-refractivity contribution in [3.8, 4) is 0 Å². The first-order valence-corrected chi connectivity index (χ1v) is 11.8. The van der Waals surface area contributed by atoms with E-state index in [-0.39, 0.29) is 48.9 Å². The van der Waals surface area contributed by atoms with Gasteiger partial charge in [-0.3, -0.25) is 9.05 Å². The topological polar surface area (TPSA) is 109 Å². The van der Waals surface area contributed by atoms with Crippen LogP contribution in [0.4, 0.5) is 0 Å². The first-order chi connectivity index (χ1) is 13.0. The Bertz CT molecular complexity index is 532. The minimum atomic E-state index is -4.26. The van der Waals surface area contributed by atoms with Crippen molar-refractivity contribution in [3.05, 3.63) is 0 Å². The van der Waals surface area contributed by atoms with Crippen LogP contribution in [-0.2, 0) is 27.8 Å². The zero-order valence-electron chi connectivity index (χ0n) is 17.9. The van der Waals surface area contributed by atoms with Crippen molar-refractivity contribution in [1.82, 2.24) is 0 Å². The van der Waals surface area contributed by atoms with Crippen molar-refractivity contribution < 1.29 is 32.7 Å². The molecule has 0 amide bonds. The second kappa shape index (κ2) is 10.3. The van der Waals surface area contributed by atoms with Gasteiger partial charge in [-0.25, -0.2) is 4.57 Å². The fourth-order valence-electron chi connectivity index (χ4n) is 3.94. The van der Waals surface area contributed by atoms with Gasteiger partial charge in [0, 0.05) is 18.4 Å². The second-order valence-corrected chi connectivity index (χ2v) is 10.1. The molecule has 0 aromatic rings. The average Bonchev–Trinajstić information content (AvgIpc) is 3.02. The molecule has 3 N–H and O–H groups in total. The van der Waals surface area contributed by atoms with Crippen molar-refractivity contribution in [2.24, 2.45) is 17.6 Å². The normalized spacial score (nSPS) is 38.4. The summed E-state index contributed by atoms with van der Waals surface area (Å²) in [6.07, 6.45) is 0.396. The van der Waals surface area contributed by atoms with Crippen LogP contribution in [0.1, 0.15) is 54.4 Å². The van der Waals surface area contributed by atoms with Crippen LogP contribution in [0.5, 0.6) is 0 Å². The van der Waals surface area contributed by atoms with E-state index in [0.29, 0.717) is 13.0 Å². The number of phosphoric ester groups is 1. The van der Waals surface area contributed by atoms with Crippen molar-refractivity contribution in [1.29, 1.82) is 0 Å².